The minimum absolute atomic E-state index is 0.492. The molecule has 1 unspecified atom stereocenters. The second kappa shape index (κ2) is 3.75. The Morgan fingerprint density at radius 2 is 2.38 bits per heavy atom. The van der Waals surface area contributed by atoms with Crippen molar-refractivity contribution in [2.45, 2.75) is 41.0 Å². The molecular weight excluding hydrogens is 212 g/mol. The summed E-state index contributed by atoms with van der Waals surface area (Å²) < 4.78 is 2.85. The van der Waals surface area contributed by atoms with Gasteiger partial charge in [-0.3, -0.25) is 0 Å². The predicted octanol–water partition coefficient (Wildman–Crippen LogP) is 2.49. The molecule has 0 aliphatic carbocycles. The summed E-state index contributed by atoms with van der Waals surface area (Å²) in [5.74, 6) is 0. The summed E-state index contributed by atoms with van der Waals surface area (Å²) in [6.07, 6.45) is 6.13. The van der Waals surface area contributed by atoms with Gasteiger partial charge in [-0.1, -0.05) is 0 Å². The Kier molecular flexibility index (Phi) is 3.23. The Morgan fingerprint density at radius 1 is 1.50 bits per heavy atom. The molecule has 0 saturated carbocycles. The molecule has 0 nitrogen and oxygen atoms in total. The molecule has 0 amide bonds. The van der Waals surface area contributed by atoms with E-state index < -0.39 is 0 Å². The van der Waals surface area contributed by atoms with Gasteiger partial charge in [0.1, 0.15) is 0 Å². The van der Waals surface area contributed by atoms with Crippen LogP contribution in [0.3, 0.4) is 0 Å². The zero-order valence-electron chi connectivity index (χ0n) is 5.52. The molecule has 1 aliphatic heterocycles. The van der Waals surface area contributed by atoms with Crippen molar-refractivity contribution < 1.29 is 0 Å². The normalized spacial score (nSPS) is 30.4. The quantitative estimate of drug-likeness (QED) is 0.602. The Bertz CT molecular complexity index is 55.4. The van der Waals surface area contributed by atoms with Gasteiger partial charge in [-0.05, 0) is 0 Å². The van der Waals surface area contributed by atoms with E-state index in [9.17, 15) is 0 Å². The molecule has 0 aromatic carbocycles. The fraction of sp³-hybridized carbons (Fsp3) is 1.00. The second-order valence-corrected chi connectivity index (χ2v) is 6.42. The molecule has 48 valence electrons. The van der Waals surface area contributed by atoms with Crippen LogP contribution in [0, 0.1) is 0 Å². The SMILES string of the molecule is CCC1CCCC[Te]1. The van der Waals surface area contributed by atoms with E-state index in [1.807, 2.05) is 0 Å². The maximum absolute atomic E-state index is 2.35. The van der Waals surface area contributed by atoms with Gasteiger partial charge in [0.15, 0.2) is 0 Å². The predicted molar refractivity (Wildman–Crippen MR) is 38.5 cm³/mol. The first kappa shape index (κ1) is 6.90. The van der Waals surface area contributed by atoms with Gasteiger partial charge in [0.25, 0.3) is 0 Å². The van der Waals surface area contributed by atoms with Gasteiger partial charge in [-0.15, -0.1) is 0 Å². The van der Waals surface area contributed by atoms with Gasteiger partial charge >= 0.3 is 62.0 Å². The molecule has 1 saturated heterocycles. The van der Waals surface area contributed by atoms with Crippen molar-refractivity contribution in [2.24, 2.45) is 0 Å². The van der Waals surface area contributed by atoms with Crippen LogP contribution in [0.15, 0.2) is 0 Å². The minimum atomic E-state index is 0.492. The van der Waals surface area contributed by atoms with Crippen molar-refractivity contribution in [3.63, 3.8) is 0 Å². The van der Waals surface area contributed by atoms with Crippen molar-refractivity contribution >= 4 is 20.9 Å². The molecule has 1 rings (SSSR count). The van der Waals surface area contributed by atoms with E-state index in [1.165, 1.54) is 16.8 Å². The molecule has 8 heavy (non-hydrogen) atoms. The Balaban J connectivity index is 2.13. The molecule has 0 N–H and O–H groups in total. The summed E-state index contributed by atoms with van der Waals surface area (Å²) in [5.41, 5.74) is 0. The second-order valence-electron chi connectivity index (χ2n) is 2.40. The zero-order valence-corrected chi connectivity index (χ0v) is 7.85. The Morgan fingerprint density at radius 3 is 2.75 bits per heavy atom. The van der Waals surface area contributed by atoms with Gasteiger partial charge in [0.05, 0.1) is 0 Å². The third kappa shape index (κ3) is 1.95. The topological polar surface area (TPSA) is 0 Å². The van der Waals surface area contributed by atoms with E-state index in [0.29, 0.717) is 20.9 Å². The number of hydrogen-bond donors (Lipinski definition) is 0. The van der Waals surface area contributed by atoms with Crippen LogP contribution >= 0.6 is 0 Å². The third-order valence-electron chi connectivity index (χ3n) is 1.73. The van der Waals surface area contributed by atoms with Crippen molar-refractivity contribution in [3.05, 3.63) is 0 Å². The first-order valence-electron chi connectivity index (χ1n) is 3.55. The summed E-state index contributed by atoms with van der Waals surface area (Å²) >= 11 is 0.492. The molecule has 0 aromatic heterocycles. The Labute approximate surface area is 62.1 Å². The Hall–Kier alpha value is 0.790. The van der Waals surface area contributed by atoms with Crippen LogP contribution in [-0.4, -0.2) is 20.9 Å². The molecule has 0 radical (unpaired) electrons. The number of hydrogen-bond acceptors (Lipinski definition) is 0. The first-order chi connectivity index (χ1) is 3.93. The number of rotatable bonds is 1. The molecule has 1 fully saturated rings. The summed E-state index contributed by atoms with van der Waals surface area (Å²) in [4.78, 5) is 0. The van der Waals surface area contributed by atoms with Crippen molar-refractivity contribution in [1.29, 1.82) is 0 Å². The molecular formula is C7H14Te. The van der Waals surface area contributed by atoms with Crippen molar-refractivity contribution in [1.82, 2.24) is 0 Å². The molecule has 1 aliphatic rings. The molecule has 1 heteroatoms. The van der Waals surface area contributed by atoms with Crippen LogP contribution < -0.4 is 0 Å². The van der Waals surface area contributed by atoms with Gasteiger partial charge in [0, 0.05) is 0 Å². The zero-order chi connectivity index (χ0) is 5.82. The van der Waals surface area contributed by atoms with Crippen LogP contribution in [0.5, 0.6) is 0 Å². The van der Waals surface area contributed by atoms with E-state index in [1.54, 1.807) is 17.3 Å². The maximum atomic E-state index is 2.35. The van der Waals surface area contributed by atoms with Gasteiger partial charge in [-0.2, -0.15) is 0 Å². The van der Waals surface area contributed by atoms with Crippen LogP contribution in [0.4, 0.5) is 0 Å². The van der Waals surface area contributed by atoms with E-state index >= 15 is 0 Å². The average Bonchev–Trinajstić information content (AvgIpc) is 1.90. The first-order valence-corrected chi connectivity index (χ1v) is 6.54. The van der Waals surface area contributed by atoms with Crippen molar-refractivity contribution in [3.8, 4) is 0 Å². The van der Waals surface area contributed by atoms with E-state index in [0.717, 1.165) is 0 Å². The van der Waals surface area contributed by atoms with Gasteiger partial charge in [0.2, 0.25) is 0 Å². The summed E-state index contributed by atoms with van der Waals surface area (Å²) in [7, 11) is 0. The average molecular weight is 226 g/mol. The molecule has 0 aromatic rings. The monoisotopic (exact) mass is 228 g/mol. The fourth-order valence-corrected chi connectivity index (χ4v) is 4.76. The van der Waals surface area contributed by atoms with Crippen LogP contribution in [0.25, 0.3) is 0 Å². The van der Waals surface area contributed by atoms with Crippen LogP contribution in [-0.2, 0) is 0 Å². The molecule has 1 atom stereocenters. The van der Waals surface area contributed by atoms with E-state index in [-0.39, 0.29) is 0 Å². The summed E-state index contributed by atoms with van der Waals surface area (Å²) in [6.45, 7) is 2.35. The van der Waals surface area contributed by atoms with E-state index in [2.05, 4.69) is 6.92 Å². The third-order valence-corrected chi connectivity index (χ3v) is 6.20. The standard InChI is InChI=1S/C7H14Te/c1-2-7-5-3-4-6-8-7/h7H,2-6H2,1H3. The van der Waals surface area contributed by atoms with Crippen LogP contribution in [0.1, 0.15) is 32.6 Å². The van der Waals surface area contributed by atoms with Crippen LogP contribution in [0.2, 0.25) is 8.43 Å². The van der Waals surface area contributed by atoms with Crippen molar-refractivity contribution in [2.75, 3.05) is 0 Å². The van der Waals surface area contributed by atoms with Gasteiger partial charge < -0.3 is 0 Å². The molecule has 0 bridgehead atoms. The molecule has 1 heterocycles. The molecule has 0 spiro atoms. The summed E-state index contributed by atoms with van der Waals surface area (Å²) in [5, 5.41) is 0. The summed E-state index contributed by atoms with van der Waals surface area (Å²) in [6, 6.07) is 0. The fourth-order valence-electron chi connectivity index (χ4n) is 1.13. The van der Waals surface area contributed by atoms with E-state index in [4.69, 9.17) is 0 Å². The van der Waals surface area contributed by atoms with Gasteiger partial charge in [-0.25, -0.2) is 0 Å².